The smallest absolute Gasteiger partial charge is 0.305 e. The minimum Gasteiger partial charge on any atom is -0.481 e. The van der Waals surface area contributed by atoms with Crippen LogP contribution in [0.5, 0.6) is 0 Å². The zero-order chi connectivity index (χ0) is 24.8. The topological polar surface area (TPSA) is 104 Å². The molecule has 3 rings (SSSR count). The van der Waals surface area contributed by atoms with E-state index in [0.29, 0.717) is 33.4 Å². The van der Waals surface area contributed by atoms with Gasteiger partial charge < -0.3 is 15.3 Å². The highest BCUT2D eigenvalue weighted by Crippen LogP contribution is 2.32. The van der Waals surface area contributed by atoms with E-state index in [-0.39, 0.29) is 18.2 Å². The van der Waals surface area contributed by atoms with E-state index in [4.69, 9.17) is 26.7 Å². The number of carbonyl (C=O) groups is 1. The van der Waals surface area contributed by atoms with Crippen LogP contribution in [-0.4, -0.2) is 43.5 Å². The lowest BCUT2D eigenvalue weighted by Gasteiger charge is -2.17. The molecule has 0 aliphatic rings. The second-order valence-corrected chi connectivity index (χ2v) is 8.72. The number of rotatable bonds is 9. The minimum absolute atomic E-state index is 0.0190. The van der Waals surface area contributed by atoms with Gasteiger partial charge in [0.25, 0.3) is 0 Å². The van der Waals surface area contributed by atoms with Crippen LogP contribution in [-0.2, 0) is 4.79 Å². The molecule has 2 aromatic carbocycles. The lowest BCUT2D eigenvalue weighted by atomic mass is 9.96. The maximum atomic E-state index is 13.6. The second-order valence-electron chi connectivity index (χ2n) is 8.28. The Balaban J connectivity index is 2.11. The van der Waals surface area contributed by atoms with E-state index in [1.165, 1.54) is 18.2 Å². The lowest BCUT2D eigenvalue weighted by Crippen LogP contribution is -2.19. The van der Waals surface area contributed by atoms with Gasteiger partial charge in [-0.05, 0) is 42.3 Å². The van der Waals surface area contributed by atoms with Crippen molar-refractivity contribution in [1.82, 2.24) is 9.97 Å². The van der Waals surface area contributed by atoms with E-state index in [0.717, 1.165) is 5.56 Å². The average Bonchev–Trinajstić information content (AvgIpc) is 2.77. The second kappa shape index (κ2) is 11.3. The quantitative estimate of drug-likeness (QED) is 0.379. The van der Waals surface area contributed by atoms with Gasteiger partial charge in [-0.1, -0.05) is 49.7 Å². The summed E-state index contributed by atoms with van der Waals surface area (Å²) in [5.74, 6) is -1.08. The molecule has 0 fully saturated rings. The summed E-state index contributed by atoms with van der Waals surface area (Å²) in [6, 6.07) is 13.1. The highest BCUT2D eigenvalue weighted by Gasteiger charge is 2.19. The maximum absolute atomic E-state index is 13.6. The molecule has 6 nitrogen and oxygen atoms in total. The van der Waals surface area contributed by atoms with Gasteiger partial charge in [0, 0.05) is 28.1 Å². The van der Waals surface area contributed by atoms with Gasteiger partial charge in [0.2, 0.25) is 0 Å². The Morgan fingerprint density at radius 2 is 1.79 bits per heavy atom. The largest absolute Gasteiger partial charge is 0.481 e. The van der Waals surface area contributed by atoms with Gasteiger partial charge >= 0.3 is 5.97 Å². The van der Waals surface area contributed by atoms with Gasteiger partial charge in [-0.15, -0.1) is 0 Å². The van der Waals surface area contributed by atoms with E-state index in [2.05, 4.69) is 0 Å². The Hall–Kier alpha value is -3.13. The molecule has 0 spiro atoms. The van der Waals surface area contributed by atoms with Crippen molar-refractivity contribution in [3.63, 3.8) is 0 Å². The number of carboxylic acids is 1. The molecule has 0 saturated carbocycles. The summed E-state index contributed by atoms with van der Waals surface area (Å²) in [6.07, 6.45) is 0.284. The first kappa shape index (κ1) is 25.5. The normalized spacial score (nSPS) is 13.4. The van der Waals surface area contributed by atoms with Gasteiger partial charge in [-0.25, -0.2) is 14.4 Å². The summed E-state index contributed by atoms with van der Waals surface area (Å²) in [6.45, 7) is 3.95. The number of benzene rings is 2. The molecule has 0 radical (unpaired) electrons. The number of nitrogens with zero attached hydrogens (tertiary/aromatic N) is 2. The van der Waals surface area contributed by atoms with Crippen LogP contribution >= 0.6 is 11.6 Å². The van der Waals surface area contributed by atoms with E-state index in [9.17, 15) is 19.4 Å². The SMILES string of the molecule is CC(C)c1nc(-c2cccc(Cl)c2)nc(-c2ccc(F)cc2)c1/C=C/C(O)CC(O)CC(=O)O. The van der Waals surface area contributed by atoms with E-state index in [1.54, 1.807) is 36.4 Å². The van der Waals surface area contributed by atoms with E-state index >= 15 is 0 Å². The van der Waals surface area contributed by atoms with Gasteiger partial charge in [-0.2, -0.15) is 0 Å². The molecule has 34 heavy (non-hydrogen) atoms. The highest BCUT2D eigenvalue weighted by atomic mass is 35.5. The standard InChI is InChI=1S/C26H26ClFN2O4/c1-15(2)24-22(11-10-20(31)13-21(32)14-23(33)34)25(16-6-8-19(28)9-7-16)30-26(29-24)17-4-3-5-18(27)12-17/h3-12,15,20-21,31-32H,13-14H2,1-2H3,(H,33,34)/b11-10+. The molecule has 3 aromatic rings. The van der Waals surface area contributed by atoms with Crippen molar-refractivity contribution in [3.05, 3.63) is 76.7 Å². The van der Waals surface area contributed by atoms with Crippen LogP contribution in [0.2, 0.25) is 5.02 Å². The van der Waals surface area contributed by atoms with Gasteiger partial charge in [0.1, 0.15) is 5.82 Å². The molecule has 3 N–H and O–H groups in total. The number of halogens is 2. The summed E-state index contributed by atoms with van der Waals surface area (Å²) < 4.78 is 13.6. The molecular weight excluding hydrogens is 459 g/mol. The number of aromatic nitrogens is 2. The first-order chi connectivity index (χ1) is 16.1. The van der Waals surface area contributed by atoms with Gasteiger partial charge in [0.15, 0.2) is 5.82 Å². The number of hydrogen-bond donors (Lipinski definition) is 3. The molecule has 1 heterocycles. The molecule has 0 saturated heterocycles. The molecule has 8 heteroatoms. The Bertz CT molecular complexity index is 1180. The summed E-state index contributed by atoms with van der Waals surface area (Å²) in [7, 11) is 0. The number of aliphatic carboxylic acids is 1. The van der Waals surface area contributed by atoms with Crippen LogP contribution in [0.15, 0.2) is 54.6 Å². The molecule has 0 aliphatic carbocycles. The van der Waals surface area contributed by atoms with Crippen molar-refractivity contribution in [1.29, 1.82) is 0 Å². The molecule has 2 atom stereocenters. The third-order valence-corrected chi connectivity index (χ3v) is 5.37. The monoisotopic (exact) mass is 484 g/mol. The number of aliphatic hydroxyl groups excluding tert-OH is 2. The van der Waals surface area contributed by atoms with Gasteiger partial charge in [0.05, 0.1) is 30.0 Å². The van der Waals surface area contributed by atoms with Crippen molar-refractivity contribution in [3.8, 4) is 22.6 Å². The van der Waals surface area contributed by atoms with Crippen LogP contribution in [0.1, 0.15) is 43.9 Å². The minimum atomic E-state index is -1.18. The first-order valence-electron chi connectivity index (χ1n) is 10.8. The third-order valence-electron chi connectivity index (χ3n) is 5.13. The van der Waals surface area contributed by atoms with Crippen LogP contribution < -0.4 is 0 Å². The Kier molecular flexibility index (Phi) is 8.50. The van der Waals surface area contributed by atoms with Crippen LogP contribution in [0.4, 0.5) is 4.39 Å². The average molecular weight is 485 g/mol. The van der Waals surface area contributed by atoms with Crippen LogP contribution in [0, 0.1) is 5.82 Å². The Morgan fingerprint density at radius 1 is 1.09 bits per heavy atom. The summed E-state index contributed by atoms with van der Waals surface area (Å²) >= 11 is 6.17. The van der Waals surface area contributed by atoms with E-state index < -0.39 is 24.6 Å². The Morgan fingerprint density at radius 3 is 2.41 bits per heavy atom. The molecule has 2 unspecified atom stereocenters. The van der Waals surface area contributed by atoms with E-state index in [1.807, 2.05) is 19.9 Å². The zero-order valence-electron chi connectivity index (χ0n) is 18.8. The number of hydrogen-bond acceptors (Lipinski definition) is 5. The van der Waals surface area contributed by atoms with Gasteiger partial charge in [-0.3, -0.25) is 4.79 Å². The molecule has 1 aromatic heterocycles. The summed E-state index contributed by atoms with van der Waals surface area (Å²) in [5.41, 5.74) is 3.28. The molecule has 0 bridgehead atoms. The van der Waals surface area contributed by atoms with Crippen molar-refractivity contribution in [2.45, 2.75) is 44.8 Å². The van der Waals surface area contributed by atoms with Crippen molar-refractivity contribution >= 4 is 23.6 Å². The maximum Gasteiger partial charge on any atom is 0.305 e. The fourth-order valence-corrected chi connectivity index (χ4v) is 3.72. The fourth-order valence-electron chi connectivity index (χ4n) is 3.53. The fraction of sp³-hybridized carbons (Fsp3) is 0.269. The van der Waals surface area contributed by atoms with Crippen LogP contribution in [0.25, 0.3) is 28.7 Å². The predicted molar refractivity (Wildman–Crippen MR) is 130 cm³/mol. The zero-order valence-corrected chi connectivity index (χ0v) is 19.6. The highest BCUT2D eigenvalue weighted by molar-refractivity contribution is 6.30. The van der Waals surface area contributed by atoms with Crippen molar-refractivity contribution < 1.29 is 24.5 Å². The first-order valence-corrected chi connectivity index (χ1v) is 11.2. The third kappa shape index (κ3) is 6.70. The number of aliphatic hydroxyl groups is 2. The summed E-state index contributed by atoms with van der Waals surface area (Å²) in [5, 5.41) is 29.5. The molecule has 178 valence electrons. The summed E-state index contributed by atoms with van der Waals surface area (Å²) in [4.78, 5) is 20.3. The van der Waals surface area contributed by atoms with Crippen molar-refractivity contribution in [2.24, 2.45) is 0 Å². The van der Waals surface area contributed by atoms with Crippen LogP contribution in [0.3, 0.4) is 0 Å². The lowest BCUT2D eigenvalue weighted by molar-refractivity contribution is -0.139. The predicted octanol–water partition coefficient (Wildman–Crippen LogP) is 5.33. The molecule has 0 aliphatic heterocycles. The number of carboxylic acid groups (broad SMARTS) is 1. The molecule has 0 amide bonds. The Labute approximate surface area is 202 Å². The van der Waals surface area contributed by atoms with Crippen molar-refractivity contribution in [2.75, 3.05) is 0 Å². The molecular formula is C26H26ClFN2O4.